The van der Waals surface area contributed by atoms with Crippen molar-refractivity contribution in [2.24, 2.45) is 5.41 Å². The smallest absolute Gasteiger partial charge is 0.341 e. The number of hydrogen-bond acceptors (Lipinski definition) is 6. The number of carbonyl (C=O) groups is 3. The van der Waals surface area contributed by atoms with E-state index in [1.807, 2.05) is 20.8 Å². The van der Waals surface area contributed by atoms with Gasteiger partial charge in [0.05, 0.1) is 12.1 Å². The van der Waals surface area contributed by atoms with Crippen molar-refractivity contribution >= 4 is 17.8 Å². The van der Waals surface area contributed by atoms with Crippen molar-refractivity contribution in [2.45, 2.75) is 51.9 Å². The minimum absolute atomic E-state index is 0.0436. The van der Waals surface area contributed by atoms with E-state index in [9.17, 15) is 19.5 Å². The molecule has 1 aromatic carbocycles. The van der Waals surface area contributed by atoms with Crippen molar-refractivity contribution in [3.05, 3.63) is 29.3 Å². The number of carboxylic acids is 1. The van der Waals surface area contributed by atoms with Gasteiger partial charge in [-0.3, -0.25) is 9.59 Å². The summed E-state index contributed by atoms with van der Waals surface area (Å²) < 4.78 is 5.30. The van der Waals surface area contributed by atoms with Gasteiger partial charge in [0.2, 0.25) is 11.8 Å². The van der Waals surface area contributed by atoms with Gasteiger partial charge >= 0.3 is 5.97 Å². The summed E-state index contributed by atoms with van der Waals surface area (Å²) in [7, 11) is 1.69. The van der Waals surface area contributed by atoms with Crippen molar-refractivity contribution in [1.29, 1.82) is 0 Å². The summed E-state index contributed by atoms with van der Waals surface area (Å²) >= 11 is 0. The number of likely N-dealkylation sites (N-methyl/N-ethyl adjacent to an activating group) is 1. The van der Waals surface area contributed by atoms with Crippen LogP contribution in [0.2, 0.25) is 0 Å². The second-order valence-corrected chi connectivity index (χ2v) is 8.85. The second-order valence-electron chi connectivity index (χ2n) is 8.85. The molecule has 0 aliphatic carbocycles. The highest BCUT2D eigenvalue weighted by Gasteiger charge is 2.43. The zero-order valence-corrected chi connectivity index (χ0v) is 18.8. The Morgan fingerprint density at radius 2 is 2.03 bits per heavy atom. The van der Waals surface area contributed by atoms with Crippen LogP contribution < -0.4 is 15.4 Å². The number of hydrogen-bond donors (Lipinski definition) is 4. The molecule has 1 aliphatic heterocycles. The monoisotopic (exact) mass is 445 g/mol. The first kappa shape index (κ1) is 25.2. The predicted octanol–water partition coefficient (Wildman–Crippen LogP) is 0.343. The van der Waals surface area contributed by atoms with E-state index in [2.05, 4.69) is 16.6 Å². The van der Waals surface area contributed by atoms with E-state index in [0.29, 0.717) is 11.1 Å². The lowest BCUT2D eigenvalue weighted by molar-refractivity contribution is -0.142. The van der Waals surface area contributed by atoms with Crippen LogP contribution in [0.1, 0.15) is 38.3 Å². The maximum Gasteiger partial charge on any atom is 0.341 e. The molecule has 2 rings (SSSR count). The molecular weight excluding hydrogens is 414 g/mol. The normalized spacial score (nSPS) is 19.2. The molecule has 9 nitrogen and oxygen atoms in total. The van der Waals surface area contributed by atoms with E-state index in [4.69, 9.17) is 16.3 Å². The molecule has 0 spiro atoms. The molecule has 1 aliphatic rings. The number of rotatable bonds is 8. The average Bonchev–Trinajstić information content (AvgIpc) is 3.11. The first-order chi connectivity index (χ1) is 15.0. The van der Waals surface area contributed by atoms with Crippen LogP contribution in [0, 0.1) is 17.8 Å². The Balaban J connectivity index is 2.15. The molecule has 1 heterocycles. The van der Waals surface area contributed by atoms with Gasteiger partial charge in [-0.05, 0) is 24.6 Å². The molecule has 174 valence electrons. The first-order valence-electron chi connectivity index (χ1n) is 10.4. The summed E-state index contributed by atoms with van der Waals surface area (Å²) in [6.07, 6.45) is 4.74. The van der Waals surface area contributed by atoms with Gasteiger partial charge in [0.1, 0.15) is 11.8 Å². The molecule has 2 amide bonds. The molecule has 1 aromatic rings. The predicted molar refractivity (Wildman–Crippen MR) is 118 cm³/mol. The van der Waals surface area contributed by atoms with Crippen LogP contribution in [0.4, 0.5) is 0 Å². The molecule has 3 atom stereocenters. The van der Waals surface area contributed by atoms with Gasteiger partial charge in [-0.15, -0.1) is 6.42 Å². The topological polar surface area (TPSA) is 128 Å². The van der Waals surface area contributed by atoms with Crippen LogP contribution in [0.25, 0.3) is 0 Å². The van der Waals surface area contributed by atoms with Crippen LogP contribution in [0.15, 0.2) is 18.2 Å². The van der Waals surface area contributed by atoms with Crippen LogP contribution in [-0.4, -0.2) is 71.3 Å². The van der Waals surface area contributed by atoms with Gasteiger partial charge in [-0.2, -0.15) is 0 Å². The number of aliphatic carboxylic acids is 1. The van der Waals surface area contributed by atoms with Gasteiger partial charge in [0.25, 0.3) is 0 Å². The quantitative estimate of drug-likeness (QED) is 0.425. The molecule has 0 aromatic heterocycles. The van der Waals surface area contributed by atoms with Crippen molar-refractivity contribution in [1.82, 2.24) is 15.5 Å². The maximum absolute atomic E-state index is 13.1. The third-order valence-electron chi connectivity index (χ3n) is 5.30. The van der Waals surface area contributed by atoms with E-state index in [1.54, 1.807) is 19.2 Å². The molecule has 1 saturated heterocycles. The number of nitrogens with zero attached hydrogens (tertiary/aromatic N) is 1. The lowest BCUT2D eigenvalue weighted by Crippen LogP contribution is -2.55. The number of β-amino-alcohol motifs (C(OH)–C–C–N with tert-alkyl or cyclic N) is 1. The summed E-state index contributed by atoms with van der Waals surface area (Å²) in [5.74, 6) is 0.902. The standard InChI is InChI=1S/C23H31N3O6/c1-6-14-7-8-15(18(9-14)32-13-19(28)29)11-25-21(30)17-10-16(27)12-26(17)22(31)20(24-5)23(2,3)4/h1,7-9,16-17,20,24,27H,10-13H2,2-5H3,(H,25,30)(H,28,29)/t16-,17+,20-/m1/s1. The van der Waals surface area contributed by atoms with Crippen LogP contribution >= 0.6 is 0 Å². The number of amides is 2. The van der Waals surface area contributed by atoms with Gasteiger partial charge in [0.15, 0.2) is 6.61 Å². The Bertz CT molecular complexity index is 902. The molecule has 4 N–H and O–H groups in total. The van der Waals surface area contributed by atoms with Crippen LogP contribution in [-0.2, 0) is 20.9 Å². The minimum Gasteiger partial charge on any atom is -0.482 e. The Morgan fingerprint density at radius 1 is 1.34 bits per heavy atom. The lowest BCUT2D eigenvalue weighted by atomic mass is 9.86. The Labute approximate surface area is 188 Å². The van der Waals surface area contributed by atoms with E-state index in [-0.39, 0.29) is 36.6 Å². The van der Waals surface area contributed by atoms with Gasteiger partial charge < -0.3 is 30.5 Å². The van der Waals surface area contributed by atoms with E-state index in [1.165, 1.54) is 11.0 Å². The number of likely N-dealkylation sites (tertiary alicyclic amines) is 1. The second kappa shape index (κ2) is 10.5. The summed E-state index contributed by atoms with van der Waals surface area (Å²) in [6, 6.07) is 3.50. The summed E-state index contributed by atoms with van der Waals surface area (Å²) in [5, 5.41) is 24.8. The number of carboxylic acid groups (broad SMARTS) is 1. The van der Waals surface area contributed by atoms with Crippen LogP contribution in [0.5, 0.6) is 5.75 Å². The number of benzene rings is 1. The highest BCUT2D eigenvalue weighted by Crippen LogP contribution is 2.26. The fourth-order valence-corrected chi connectivity index (χ4v) is 3.76. The third-order valence-corrected chi connectivity index (χ3v) is 5.30. The van der Waals surface area contributed by atoms with E-state index in [0.717, 1.165) is 0 Å². The number of carbonyl (C=O) groups excluding carboxylic acids is 2. The summed E-state index contributed by atoms with van der Waals surface area (Å²) in [4.78, 5) is 38.3. The number of ether oxygens (including phenoxy) is 1. The van der Waals surface area contributed by atoms with Gasteiger partial charge in [0, 0.05) is 30.6 Å². The number of nitrogens with one attached hydrogen (secondary N) is 2. The minimum atomic E-state index is -1.14. The van der Waals surface area contributed by atoms with Crippen molar-refractivity contribution in [3.8, 4) is 18.1 Å². The Hall–Kier alpha value is -3.09. The fourth-order valence-electron chi connectivity index (χ4n) is 3.76. The van der Waals surface area contributed by atoms with Crippen LogP contribution in [0.3, 0.4) is 0 Å². The molecule has 0 saturated carbocycles. The Kier molecular flexibility index (Phi) is 8.25. The largest absolute Gasteiger partial charge is 0.482 e. The zero-order valence-electron chi connectivity index (χ0n) is 18.8. The van der Waals surface area contributed by atoms with E-state index >= 15 is 0 Å². The average molecular weight is 446 g/mol. The lowest BCUT2D eigenvalue weighted by Gasteiger charge is -2.34. The maximum atomic E-state index is 13.1. The highest BCUT2D eigenvalue weighted by molar-refractivity contribution is 5.91. The van der Waals surface area contributed by atoms with Gasteiger partial charge in [-0.25, -0.2) is 4.79 Å². The molecule has 0 bridgehead atoms. The molecular formula is C23H31N3O6. The highest BCUT2D eigenvalue weighted by atomic mass is 16.5. The number of aliphatic hydroxyl groups excluding tert-OH is 1. The molecule has 0 radical (unpaired) electrons. The Morgan fingerprint density at radius 3 is 2.59 bits per heavy atom. The summed E-state index contributed by atoms with van der Waals surface area (Å²) in [5.41, 5.74) is 0.671. The van der Waals surface area contributed by atoms with E-state index < -0.39 is 36.7 Å². The molecule has 0 unspecified atom stereocenters. The fraction of sp³-hybridized carbons (Fsp3) is 0.522. The summed E-state index contributed by atoms with van der Waals surface area (Å²) in [6.45, 7) is 5.34. The van der Waals surface area contributed by atoms with Crippen molar-refractivity contribution < 1.29 is 29.3 Å². The SMILES string of the molecule is C#Cc1ccc(CNC(=O)[C@@H]2C[C@@H](O)CN2C(=O)[C@@H](NC)C(C)(C)C)c(OCC(=O)O)c1. The number of aliphatic hydroxyl groups is 1. The third kappa shape index (κ3) is 6.22. The zero-order chi connectivity index (χ0) is 24.1. The van der Waals surface area contributed by atoms with Crippen molar-refractivity contribution in [2.75, 3.05) is 20.2 Å². The first-order valence-corrected chi connectivity index (χ1v) is 10.4. The molecule has 1 fully saturated rings. The van der Waals surface area contributed by atoms with Gasteiger partial charge in [-0.1, -0.05) is 32.8 Å². The molecule has 9 heteroatoms. The number of terminal acetylenes is 1. The molecule has 32 heavy (non-hydrogen) atoms. The van der Waals surface area contributed by atoms with Crippen molar-refractivity contribution in [3.63, 3.8) is 0 Å².